The molecule has 6 nitrogen and oxygen atoms in total. The first-order chi connectivity index (χ1) is 12.8. The van der Waals surface area contributed by atoms with Gasteiger partial charge in [0.15, 0.2) is 0 Å². The molecule has 6 heteroatoms. The number of benzene rings is 1. The number of hydrogen-bond donors (Lipinski definition) is 0. The molecule has 0 bridgehead atoms. The lowest BCUT2D eigenvalue weighted by molar-refractivity contribution is 0.280. The topological polar surface area (TPSA) is 64.2 Å². The van der Waals surface area contributed by atoms with Crippen LogP contribution in [0.4, 0.5) is 0 Å². The summed E-state index contributed by atoms with van der Waals surface area (Å²) in [4.78, 5) is 23.5. The lowest BCUT2D eigenvalue weighted by Crippen LogP contribution is -2.38. The summed E-state index contributed by atoms with van der Waals surface area (Å²) in [5.41, 5.74) is 2.79. The van der Waals surface area contributed by atoms with Gasteiger partial charge in [0.05, 0.1) is 36.9 Å². The average molecular weight is 346 g/mol. The van der Waals surface area contributed by atoms with E-state index >= 15 is 0 Å². The molecule has 0 amide bonds. The molecule has 3 heterocycles. The summed E-state index contributed by atoms with van der Waals surface area (Å²) in [6.45, 7) is 2.50. The molecule has 130 valence electrons. The maximum atomic E-state index is 12.9. The van der Waals surface area contributed by atoms with Gasteiger partial charge in [-0.25, -0.2) is 9.97 Å². The van der Waals surface area contributed by atoms with Gasteiger partial charge in [-0.2, -0.15) is 0 Å². The van der Waals surface area contributed by atoms with Crippen LogP contribution in [0.1, 0.15) is 22.7 Å². The Morgan fingerprint density at radius 2 is 2.08 bits per heavy atom. The lowest BCUT2D eigenvalue weighted by Gasteiger charge is -2.26. The van der Waals surface area contributed by atoms with E-state index in [9.17, 15) is 4.79 Å². The second kappa shape index (κ2) is 7.38. The summed E-state index contributed by atoms with van der Waals surface area (Å²) in [6, 6.07) is 9.93. The van der Waals surface area contributed by atoms with E-state index in [1.807, 2.05) is 30.3 Å². The minimum atomic E-state index is 0.0317. The summed E-state index contributed by atoms with van der Waals surface area (Å²) < 4.78 is 6.78. The van der Waals surface area contributed by atoms with E-state index in [0.29, 0.717) is 25.5 Å². The molecular formula is C20H18N4O2. The first-order valence-corrected chi connectivity index (χ1v) is 8.51. The zero-order chi connectivity index (χ0) is 17.8. The maximum Gasteiger partial charge on any atom is 0.273 e. The fourth-order valence-electron chi connectivity index (χ4n) is 3.05. The highest BCUT2D eigenvalue weighted by atomic mass is 16.3. The number of oxazole rings is 1. The van der Waals surface area contributed by atoms with Crippen LogP contribution in [0.25, 0.3) is 0 Å². The molecule has 0 aliphatic carbocycles. The molecule has 0 saturated heterocycles. The van der Waals surface area contributed by atoms with Gasteiger partial charge in [0.2, 0.25) is 0 Å². The van der Waals surface area contributed by atoms with Crippen LogP contribution in [0, 0.1) is 11.8 Å². The number of fused-ring (bicyclic) bond motifs is 1. The van der Waals surface area contributed by atoms with E-state index in [4.69, 9.17) is 4.42 Å². The predicted octanol–water partition coefficient (Wildman–Crippen LogP) is 1.69. The third-order valence-corrected chi connectivity index (χ3v) is 4.39. The molecule has 0 spiro atoms. The van der Waals surface area contributed by atoms with Crippen LogP contribution >= 0.6 is 0 Å². The molecule has 1 aliphatic rings. The van der Waals surface area contributed by atoms with Crippen molar-refractivity contribution in [3.63, 3.8) is 0 Å². The fourth-order valence-corrected chi connectivity index (χ4v) is 3.05. The summed E-state index contributed by atoms with van der Waals surface area (Å²) in [6.07, 6.45) is 5.49. The van der Waals surface area contributed by atoms with Crippen molar-refractivity contribution in [2.45, 2.75) is 19.5 Å². The van der Waals surface area contributed by atoms with Gasteiger partial charge in [-0.1, -0.05) is 36.3 Å². The van der Waals surface area contributed by atoms with Gasteiger partial charge < -0.3 is 4.42 Å². The van der Waals surface area contributed by atoms with Crippen molar-refractivity contribution in [2.75, 3.05) is 13.1 Å². The van der Waals surface area contributed by atoms with Crippen molar-refractivity contribution in [1.29, 1.82) is 0 Å². The molecule has 0 fully saturated rings. The highest BCUT2D eigenvalue weighted by Gasteiger charge is 2.20. The number of nitrogens with zero attached hydrogens (tertiary/aromatic N) is 4. The molecule has 1 aliphatic heterocycles. The highest BCUT2D eigenvalue weighted by molar-refractivity contribution is 5.23. The first-order valence-electron chi connectivity index (χ1n) is 8.51. The van der Waals surface area contributed by atoms with Gasteiger partial charge >= 0.3 is 0 Å². The number of hydrogen-bond acceptors (Lipinski definition) is 5. The summed E-state index contributed by atoms with van der Waals surface area (Å²) in [5, 5.41) is 0. The lowest BCUT2D eigenvalue weighted by atomic mass is 10.1. The Labute approximate surface area is 151 Å². The van der Waals surface area contributed by atoms with Gasteiger partial charge in [-0.15, -0.1) is 0 Å². The van der Waals surface area contributed by atoms with Crippen LogP contribution in [0.15, 0.2) is 58.3 Å². The molecule has 0 N–H and O–H groups in total. The van der Waals surface area contributed by atoms with Gasteiger partial charge in [0.1, 0.15) is 6.26 Å². The van der Waals surface area contributed by atoms with E-state index in [-0.39, 0.29) is 5.56 Å². The van der Waals surface area contributed by atoms with Crippen molar-refractivity contribution >= 4 is 0 Å². The average Bonchev–Trinajstić information content (AvgIpc) is 3.19. The quantitative estimate of drug-likeness (QED) is 0.675. The molecule has 4 rings (SSSR count). The van der Waals surface area contributed by atoms with Crippen molar-refractivity contribution < 1.29 is 4.42 Å². The van der Waals surface area contributed by atoms with Crippen molar-refractivity contribution in [3.8, 4) is 11.8 Å². The fraction of sp³-hybridized carbons (Fsp3) is 0.250. The van der Waals surface area contributed by atoms with Gasteiger partial charge in [0.25, 0.3) is 11.4 Å². The SMILES string of the molecule is O=c1c2c(ncn1Cc1ccccc1)CCN(CC#Cc1ncco1)C2. The van der Waals surface area contributed by atoms with Crippen LogP contribution in [-0.4, -0.2) is 32.5 Å². The zero-order valence-electron chi connectivity index (χ0n) is 14.3. The molecule has 3 aromatic rings. The Morgan fingerprint density at radius 3 is 2.88 bits per heavy atom. The summed E-state index contributed by atoms with van der Waals surface area (Å²) >= 11 is 0. The van der Waals surface area contributed by atoms with Crippen LogP contribution in [0.3, 0.4) is 0 Å². The normalized spacial score (nSPS) is 13.7. The molecular weight excluding hydrogens is 328 g/mol. The Hall–Kier alpha value is -3.17. The van der Waals surface area contributed by atoms with Crippen LogP contribution in [0.2, 0.25) is 0 Å². The van der Waals surface area contributed by atoms with E-state index in [2.05, 4.69) is 26.7 Å². The van der Waals surface area contributed by atoms with Crippen LogP contribution < -0.4 is 5.56 Å². The van der Waals surface area contributed by atoms with Gasteiger partial charge in [-0.3, -0.25) is 14.3 Å². The van der Waals surface area contributed by atoms with E-state index in [0.717, 1.165) is 29.8 Å². The largest absolute Gasteiger partial charge is 0.439 e. The van der Waals surface area contributed by atoms with Gasteiger partial charge in [0, 0.05) is 19.5 Å². The minimum Gasteiger partial charge on any atom is -0.439 e. The molecule has 0 radical (unpaired) electrons. The molecule has 2 aromatic heterocycles. The number of aromatic nitrogens is 3. The second-order valence-corrected chi connectivity index (χ2v) is 6.19. The van der Waals surface area contributed by atoms with Crippen molar-refractivity contribution in [1.82, 2.24) is 19.4 Å². The summed E-state index contributed by atoms with van der Waals surface area (Å²) in [5.74, 6) is 6.35. The third kappa shape index (κ3) is 3.58. The van der Waals surface area contributed by atoms with E-state index in [1.165, 1.54) is 6.26 Å². The Bertz CT molecular complexity index is 998. The van der Waals surface area contributed by atoms with E-state index < -0.39 is 0 Å². The predicted molar refractivity (Wildman–Crippen MR) is 96.4 cm³/mol. The molecule has 0 unspecified atom stereocenters. The Kier molecular flexibility index (Phi) is 4.63. The maximum absolute atomic E-state index is 12.9. The highest BCUT2D eigenvalue weighted by Crippen LogP contribution is 2.13. The van der Waals surface area contributed by atoms with Crippen LogP contribution in [-0.2, 0) is 19.5 Å². The van der Waals surface area contributed by atoms with E-state index in [1.54, 1.807) is 17.1 Å². The summed E-state index contributed by atoms with van der Waals surface area (Å²) in [7, 11) is 0. The zero-order valence-corrected chi connectivity index (χ0v) is 14.3. The Balaban J connectivity index is 1.50. The molecule has 0 saturated carbocycles. The minimum absolute atomic E-state index is 0.0317. The molecule has 26 heavy (non-hydrogen) atoms. The van der Waals surface area contributed by atoms with Crippen LogP contribution in [0.5, 0.6) is 0 Å². The second-order valence-electron chi connectivity index (χ2n) is 6.19. The monoisotopic (exact) mass is 346 g/mol. The first kappa shape index (κ1) is 16.3. The van der Waals surface area contributed by atoms with Gasteiger partial charge in [-0.05, 0) is 11.5 Å². The molecule has 1 aromatic carbocycles. The third-order valence-electron chi connectivity index (χ3n) is 4.39. The smallest absolute Gasteiger partial charge is 0.273 e. The standard InChI is InChI=1S/C20H18N4O2/c25-20-17-14-23(10-4-7-19-21-9-12-26-19)11-8-18(17)22-15-24(20)13-16-5-2-1-3-6-16/h1-3,5-6,9,12,15H,8,10-11,13-14H2. The molecule has 0 atom stereocenters. The number of rotatable bonds is 3. The van der Waals surface area contributed by atoms with Crippen molar-refractivity contribution in [3.05, 3.63) is 82.2 Å². The Morgan fingerprint density at radius 1 is 1.19 bits per heavy atom. The van der Waals surface area contributed by atoms with Crippen molar-refractivity contribution in [2.24, 2.45) is 0 Å².